The molecule has 19 heavy (non-hydrogen) atoms. The molecule has 0 saturated carbocycles. The maximum atomic E-state index is 14.3. The van der Waals surface area contributed by atoms with Gasteiger partial charge in [0, 0.05) is 39.5 Å². The van der Waals surface area contributed by atoms with E-state index in [0.717, 1.165) is 0 Å². The van der Waals surface area contributed by atoms with Crippen molar-refractivity contribution in [3.63, 3.8) is 0 Å². The standard InChI is InChI=1S/C13H18FN3O2/c1-11(18)16-7-9-17(10-8-16)15-12(19)13(14)5-3-2-4-6-13/h2-5H,6-10H2,1H3,(H,15,19). The Labute approximate surface area is 111 Å². The lowest BCUT2D eigenvalue weighted by atomic mass is 9.97. The summed E-state index contributed by atoms with van der Waals surface area (Å²) in [5.74, 6) is -0.627. The van der Waals surface area contributed by atoms with Crippen LogP contribution in [-0.2, 0) is 9.59 Å². The molecule has 1 aliphatic heterocycles. The van der Waals surface area contributed by atoms with Crippen LogP contribution in [0.5, 0.6) is 0 Å². The number of allylic oxidation sites excluding steroid dienone is 3. The number of hydrazine groups is 1. The second-order valence-corrected chi connectivity index (χ2v) is 4.79. The van der Waals surface area contributed by atoms with Crippen LogP contribution >= 0.6 is 0 Å². The highest BCUT2D eigenvalue weighted by atomic mass is 19.1. The molecule has 6 heteroatoms. The summed E-state index contributed by atoms with van der Waals surface area (Å²) in [5.41, 5.74) is 0.619. The zero-order chi connectivity index (χ0) is 13.9. The van der Waals surface area contributed by atoms with Crippen LogP contribution in [0.4, 0.5) is 4.39 Å². The molecule has 104 valence electrons. The van der Waals surface area contributed by atoms with Crippen LogP contribution < -0.4 is 5.43 Å². The number of carbonyl (C=O) groups is 2. The van der Waals surface area contributed by atoms with Gasteiger partial charge in [0.25, 0.3) is 5.91 Å². The first kappa shape index (κ1) is 13.7. The first-order chi connectivity index (χ1) is 9.01. The Morgan fingerprint density at radius 2 is 1.89 bits per heavy atom. The van der Waals surface area contributed by atoms with E-state index >= 15 is 0 Å². The molecule has 1 fully saturated rings. The van der Waals surface area contributed by atoms with Crippen molar-refractivity contribution in [3.05, 3.63) is 24.3 Å². The number of halogens is 1. The Morgan fingerprint density at radius 1 is 1.21 bits per heavy atom. The van der Waals surface area contributed by atoms with Crippen molar-refractivity contribution in [2.45, 2.75) is 19.0 Å². The molecule has 0 aromatic heterocycles. The molecule has 2 aliphatic rings. The number of nitrogens with zero attached hydrogens (tertiary/aromatic N) is 2. The minimum atomic E-state index is -1.97. The smallest absolute Gasteiger partial charge is 0.276 e. The summed E-state index contributed by atoms with van der Waals surface area (Å²) in [6.45, 7) is 3.64. The molecule has 1 saturated heterocycles. The van der Waals surface area contributed by atoms with Gasteiger partial charge in [-0.1, -0.05) is 18.2 Å². The van der Waals surface area contributed by atoms with Gasteiger partial charge in [0.1, 0.15) is 0 Å². The normalized spacial score (nSPS) is 27.4. The number of piperazine rings is 1. The highest BCUT2D eigenvalue weighted by Gasteiger charge is 2.36. The lowest BCUT2D eigenvalue weighted by molar-refractivity contribution is -0.137. The third kappa shape index (κ3) is 3.20. The van der Waals surface area contributed by atoms with Crippen LogP contribution in [0, 0.1) is 0 Å². The molecule has 0 aromatic rings. The quantitative estimate of drug-likeness (QED) is 0.788. The average Bonchev–Trinajstić information content (AvgIpc) is 2.40. The van der Waals surface area contributed by atoms with Gasteiger partial charge in [-0.3, -0.25) is 15.0 Å². The minimum Gasteiger partial charge on any atom is -0.340 e. The van der Waals surface area contributed by atoms with Gasteiger partial charge in [-0.15, -0.1) is 0 Å². The Kier molecular flexibility index (Phi) is 3.99. The van der Waals surface area contributed by atoms with Crippen molar-refractivity contribution in [2.24, 2.45) is 0 Å². The van der Waals surface area contributed by atoms with Crippen LogP contribution in [0.3, 0.4) is 0 Å². The van der Waals surface area contributed by atoms with Crippen LogP contribution in [0.25, 0.3) is 0 Å². The van der Waals surface area contributed by atoms with Gasteiger partial charge in [0.05, 0.1) is 0 Å². The number of hydrogen-bond acceptors (Lipinski definition) is 3. The van der Waals surface area contributed by atoms with Crippen LogP contribution in [0.15, 0.2) is 24.3 Å². The lowest BCUT2D eigenvalue weighted by Gasteiger charge is -2.35. The summed E-state index contributed by atoms with van der Waals surface area (Å²) in [5, 5.41) is 1.66. The van der Waals surface area contributed by atoms with E-state index in [0.29, 0.717) is 26.2 Å². The summed E-state index contributed by atoms with van der Waals surface area (Å²) in [4.78, 5) is 24.8. The van der Waals surface area contributed by atoms with Crippen LogP contribution in [0.2, 0.25) is 0 Å². The van der Waals surface area contributed by atoms with E-state index in [2.05, 4.69) is 5.43 Å². The van der Waals surface area contributed by atoms with Crippen LogP contribution in [-0.4, -0.2) is 53.6 Å². The molecule has 0 spiro atoms. The van der Waals surface area contributed by atoms with Gasteiger partial charge in [-0.05, 0) is 6.08 Å². The molecule has 1 N–H and O–H groups in total. The molecule has 0 bridgehead atoms. The first-order valence-corrected chi connectivity index (χ1v) is 6.36. The zero-order valence-electron chi connectivity index (χ0n) is 10.9. The molecule has 0 radical (unpaired) electrons. The molecule has 1 unspecified atom stereocenters. The molecule has 5 nitrogen and oxygen atoms in total. The van der Waals surface area contributed by atoms with Gasteiger partial charge in [0.15, 0.2) is 0 Å². The Bertz CT molecular complexity index is 428. The highest BCUT2D eigenvalue weighted by molar-refractivity contribution is 5.87. The average molecular weight is 267 g/mol. The maximum absolute atomic E-state index is 14.3. The summed E-state index contributed by atoms with van der Waals surface area (Å²) < 4.78 is 14.3. The van der Waals surface area contributed by atoms with Gasteiger partial charge in [-0.25, -0.2) is 9.40 Å². The van der Waals surface area contributed by atoms with Crippen molar-refractivity contribution in [3.8, 4) is 0 Å². The number of carbonyl (C=O) groups excluding carboxylic acids is 2. The topological polar surface area (TPSA) is 52.7 Å². The number of nitrogens with one attached hydrogen (secondary N) is 1. The molecule has 1 heterocycles. The summed E-state index contributed by atoms with van der Waals surface area (Å²) in [7, 11) is 0. The van der Waals surface area contributed by atoms with Gasteiger partial charge in [-0.2, -0.15) is 0 Å². The molecule has 2 amide bonds. The van der Waals surface area contributed by atoms with Crippen LogP contribution in [0.1, 0.15) is 13.3 Å². The lowest BCUT2D eigenvalue weighted by Crippen LogP contribution is -2.57. The fraction of sp³-hybridized carbons (Fsp3) is 0.538. The first-order valence-electron chi connectivity index (χ1n) is 6.36. The van der Waals surface area contributed by atoms with Gasteiger partial charge in [0.2, 0.25) is 11.6 Å². The minimum absolute atomic E-state index is 0.0216. The van der Waals surface area contributed by atoms with E-state index < -0.39 is 11.6 Å². The summed E-state index contributed by atoms with van der Waals surface area (Å²) >= 11 is 0. The van der Waals surface area contributed by atoms with Gasteiger partial charge >= 0.3 is 0 Å². The summed E-state index contributed by atoms with van der Waals surface area (Å²) in [6.07, 6.45) is 6.22. The number of hydrogen-bond donors (Lipinski definition) is 1. The Hall–Kier alpha value is -1.69. The summed E-state index contributed by atoms with van der Waals surface area (Å²) in [6, 6.07) is 0. The monoisotopic (exact) mass is 267 g/mol. The SMILES string of the molecule is CC(=O)N1CCN(NC(=O)C2(F)C=CC=CC2)CC1. The number of alkyl halides is 1. The fourth-order valence-electron chi connectivity index (χ4n) is 2.13. The molecular formula is C13H18FN3O2. The Balaban J connectivity index is 1.86. The molecule has 1 atom stereocenters. The fourth-order valence-corrected chi connectivity index (χ4v) is 2.13. The number of amides is 2. The van der Waals surface area contributed by atoms with Crippen molar-refractivity contribution in [2.75, 3.05) is 26.2 Å². The van der Waals surface area contributed by atoms with E-state index in [4.69, 9.17) is 0 Å². The van der Waals surface area contributed by atoms with Crippen molar-refractivity contribution >= 4 is 11.8 Å². The molecular weight excluding hydrogens is 249 g/mol. The zero-order valence-corrected chi connectivity index (χ0v) is 10.9. The van der Waals surface area contributed by atoms with Crippen molar-refractivity contribution in [1.29, 1.82) is 0 Å². The molecule has 2 rings (SSSR count). The maximum Gasteiger partial charge on any atom is 0.276 e. The van der Waals surface area contributed by atoms with E-state index in [1.807, 2.05) is 0 Å². The largest absolute Gasteiger partial charge is 0.340 e. The van der Waals surface area contributed by atoms with Gasteiger partial charge < -0.3 is 4.90 Å². The van der Waals surface area contributed by atoms with E-state index in [1.165, 1.54) is 19.1 Å². The Morgan fingerprint density at radius 3 is 2.42 bits per heavy atom. The highest BCUT2D eigenvalue weighted by Crippen LogP contribution is 2.22. The molecule has 0 aromatic carbocycles. The predicted octanol–water partition coefficient (Wildman–Crippen LogP) is 0.406. The van der Waals surface area contributed by atoms with E-state index in [9.17, 15) is 14.0 Å². The van der Waals surface area contributed by atoms with E-state index in [1.54, 1.807) is 22.1 Å². The number of rotatable bonds is 2. The molecule has 1 aliphatic carbocycles. The predicted molar refractivity (Wildman–Crippen MR) is 68.7 cm³/mol. The third-order valence-corrected chi connectivity index (χ3v) is 3.38. The van der Waals surface area contributed by atoms with Crippen molar-refractivity contribution in [1.82, 2.24) is 15.3 Å². The third-order valence-electron chi connectivity index (χ3n) is 3.38. The second-order valence-electron chi connectivity index (χ2n) is 4.79. The second kappa shape index (κ2) is 5.52. The van der Waals surface area contributed by atoms with E-state index in [-0.39, 0.29) is 12.3 Å². The van der Waals surface area contributed by atoms with Crippen molar-refractivity contribution < 1.29 is 14.0 Å².